The number of hydrogen-bond donors (Lipinski definition) is 1. The number of hydrogen-bond acceptors (Lipinski definition) is 4. The van der Waals surface area contributed by atoms with Crippen molar-refractivity contribution in [2.45, 2.75) is 18.9 Å². The maximum absolute atomic E-state index is 13.7. The van der Waals surface area contributed by atoms with E-state index in [1.165, 1.54) is 20.3 Å². The Morgan fingerprint density at radius 1 is 1.04 bits per heavy atom. The highest BCUT2D eigenvalue weighted by Gasteiger charge is 2.24. The molecular weight excluding hydrogens is 344 g/mol. The van der Waals surface area contributed by atoms with E-state index in [-0.39, 0.29) is 12.0 Å². The molecule has 0 saturated carbocycles. The lowest BCUT2D eigenvalue weighted by atomic mass is 10.0. The van der Waals surface area contributed by atoms with E-state index in [2.05, 4.69) is 5.32 Å². The summed E-state index contributed by atoms with van der Waals surface area (Å²) in [6.07, 6.45) is -0.417. The molecule has 1 N–H and O–H groups in total. The first kappa shape index (κ1) is 19.4. The fraction of sp³-hybridized carbons (Fsp3) is 0.263. The Bertz CT molecular complexity index is 775. The number of nitrogens with one attached hydrogen (secondary N) is 1. The van der Waals surface area contributed by atoms with Gasteiger partial charge in [0, 0.05) is 12.0 Å². The maximum atomic E-state index is 13.7. The number of methoxy groups -OCH3 is 2. The number of carbonyl (C=O) groups excluding carboxylic acids is 2. The van der Waals surface area contributed by atoms with Crippen LogP contribution >= 0.6 is 0 Å². The second-order valence-corrected chi connectivity index (χ2v) is 5.54. The Balaban J connectivity index is 2.15. The van der Waals surface area contributed by atoms with E-state index >= 15 is 0 Å². The first-order valence-electron chi connectivity index (χ1n) is 7.88. The first-order chi connectivity index (χ1) is 12.5. The predicted octanol–water partition coefficient (Wildman–Crippen LogP) is 2.42. The molecule has 5 nitrogen and oxygen atoms in total. The molecule has 2 aromatic carbocycles. The molecule has 7 heteroatoms. The lowest BCUT2D eigenvalue weighted by molar-refractivity contribution is -0.145. The van der Waals surface area contributed by atoms with Crippen molar-refractivity contribution in [2.75, 3.05) is 14.2 Å². The van der Waals surface area contributed by atoms with Crippen LogP contribution in [0.25, 0.3) is 0 Å². The highest BCUT2D eigenvalue weighted by Crippen LogP contribution is 2.19. The summed E-state index contributed by atoms with van der Waals surface area (Å²) in [5.41, 5.74) is 0.327. The molecule has 1 amide bonds. The Labute approximate surface area is 149 Å². The fourth-order valence-electron chi connectivity index (χ4n) is 2.53. The highest BCUT2D eigenvalue weighted by atomic mass is 19.1. The van der Waals surface area contributed by atoms with Gasteiger partial charge in [-0.15, -0.1) is 0 Å². The Kier molecular flexibility index (Phi) is 6.66. The molecule has 138 valence electrons. The molecule has 0 bridgehead atoms. The van der Waals surface area contributed by atoms with Crippen LogP contribution in [-0.4, -0.2) is 32.1 Å². The third kappa shape index (κ3) is 4.78. The van der Waals surface area contributed by atoms with Gasteiger partial charge in [-0.05, 0) is 23.8 Å². The number of benzene rings is 2. The lowest BCUT2D eigenvalue weighted by Gasteiger charge is -2.18. The third-order valence-electron chi connectivity index (χ3n) is 3.84. The Morgan fingerprint density at radius 3 is 2.31 bits per heavy atom. The summed E-state index contributed by atoms with van der Waals surface area (Å²) in [5, 5.41) is 2.47. The predicted molar refractivity (Wildman–Crippen MR) is 90.7 cm³/mol. The van der Waals surface area contributed by atoms with E-state index < -0.39 is 36.0 Å². The van der Waals surface area contributed by atoms with Crippen molar-refractivity contribution in [1.82, 2.24) is 5.32 Å². The number of rotatable bonds is 7. The Morgan fingerprint density at radius 2 is 1.69 bits per heavy atom. The zero-order valence-electron chi connectivity index (χ0n) is 14.4. The molecule has 0 spiro atoms. The summed E-state index contributed by atoms with van der Waals surface area (Å²) in [5.74, 6) is -2.45. The van der Waals surface area contributed by atoms with Crippen LogP contribution in [0.4, 0.5) is 8.78 Å². The van der Waals surface area contributed by atoms with Crippen LogP contribution in [0.3, 0.4) is 0 Å². The zero-order valence-corrected chi connectivity index (χ0v) is 14.4. The van der Waals surface area contributed by atoms with Crippen LogP contribution < -0.4 is 10.1 Å². The number of carbonyl (C=O) groups is 2. The topological polar surface area (TPSA) is 64.6 Å². The summed E-state index contributed by atoms with van der Waals surface area (Å²) in [6.45, 7) is 0. The summed E-state index contributed by atoms with van der Waals surface area (Å²) < 4.78 is 37.3. The van der Waals surface area contributed by atoms with E-state index in [9.17, 15) is 18.4 Å². The largest absolute Gasteiger partial charge is 0.496 e. The quantitative estimate of drug-likeness (QED) is 0.768. The molecule has 0 heterocycles. The number of ether oxygens (including phenoxy) is 2. The fourth-order valence-corrected chi connectivity index (χ4v) is 2.53. The van der Waals surface area contributed by atoms with Crippen LogP contribution in [0.2, 0.25) is 0 Å². The van der Waals surface area contributed by atoms with Gasteiger partial charge < -0.3 is 14.8 Å². The van der Waals surface area contributed by atoms with Gasteiger partial charge in [0.2, 0.25) is 5.91 Å². The SMILES string of the molecule is COC(=O)[C@H](Cc1ccccc1OC)NC(=O)Cc1c(F)cccc1F. The third-order valence-corrected chi connectivity index (χ3v) is 3.84. The highest BCUT2D eigenvalue weighted by molar-refractivity contribution is 5.86. The molecule has 1 atom stereocenters. The van der Waals surface area contributed by atoms with Crippen molar-refractivity contribution in [3.05, 3.63) is 65.2 Å². The van der Waals surface area contributed by atoms with Gasteiger partial charge in [0.05, 0.1) is 20.6 Å². The first-order valence-corrected chi connectivity index (χ1v) is 7.88. The monoisotopic (exact) mass is 363 g/mol. The summed E-state index contributed by atoms with van der Waals surface area (Å²) in [7, 11) is 2.69. The molecule has 0 aliphatic heterocycles. The van der Waals surface area contributed by atoms with Crippen LogP contribution in [0.1, 0.15) is 11.1 Å². The van der Waals surface area contributed by atoms with Crippen molar-refractivity contribution in [3.63, 3.8) is 0 Å². The van der Waals surface area contributed by atoms with E-state index in [1.54, 1.807) is 24.3 Å². The van der Waals surface area contributed by atoms with E-state index in [0.29, 0.717) is 11.3 Å². The van der Waals surface area contributed by atoms with Crippen LogP contribution in [0.5, 0.6) is 5.75 Å². The van der Waals surface area contributed by atoms with Crippen molar-refractivity contribution < 1.29 is 27.8 Å². The van der Waals surface area contributed by atoms with Crippen molar-refractivity contribution >= 4 is 11.9 Å². The maximum Gasteiger partial charge on any atom is 0.328 e. The molecule has 0 aromatic heterocycles. The molecule has 0 unspecified atom stereocenters. The average Bonchev–Trinajstić information content (AvgIpc) is 2.64. The normalized spacial score (nSPS) is 11.5. The second kappa shape index (κ2) is 8.94. The number of esters is 1. The van der Waals surface area contributed by atoms with Crippen molar-refractivity contribution in [3.8, 4) is 5.75 Å². The van der Waals surface area contributed by atoms with E-state index in [4.69, 9.17) is 9.47 Å². The van der Waals surface area contributed by atoms with Gasteiger partial charge in [0.25, 0.3) is 0 Å². The molecule has 0 aliphatic rings. The van der Waals surface area contributed by atoms with Gasteiger partial charge >= 0.3 is 5.97 Å². The van der Waals surface area contributed by atoms with Crippen LogP contribution in [0.15, 0.2) is 42.5 Å². The molecule has 0 radical (unpaired) electrons. The van der Waals surface area contributed by atoms with Gasteiger partial charge in [-0.25, -0.2) is 13.6 Å². The van der Waals surface area contributed by atoms with Gasteiger partial charge in [-0.1, -0.05) is 24.3 Å². The molecule has 0 aliphatic carbocycles. The molecule has 26 heavy (non-hydrogen) atoms. The molecular formula is C19H19F2NO4. The van der Waals surface area contributed by atoms with E-state index in [0.717, 1.165) is 12.1 Å². The average molecular weight is 363 g/mol. The van der Waals surface area contributed by atoms with E-state index in [1.807, 2.05) is 0 Å². The minimum atomic E-state index is -1.02. The molecule has 2 aromatic rings. The molecule has 2 rings (SSSR count). The number of amides is 1. The van der Waals surface area contributed by atoms with Gasteiger partial charge in [0.15, 0.2) is 0 Å². The van der Waals surface area contributed by atoms with Crippen molar-refractivity contribution in [1.29, 1.82) is 0 Å². The number of halogens is 2. The Hall–Kier alpha value is -2.96. The summed E-state index contributed by atoms with van der Waals surface area (Å²) in [6, 6.07) is 9.34. The molecule has 0 fully saturated rings. The van der Waals surface area contributed by atoms with Gasteiger partial charge in [-0.3, -0.25) is 4.79 Å². The summed E-state index contributed by atoms with van der Waals surface area (Å²) >= 11 is 0. The van der Waals surface area contributed by atoms with Gasteiger partial charge in [-0.2, -0.15) is 0 Å². The van der Waals surface area contributed by atoms with Crippen LogP contribution in [0, 0.1) is 11.6 Å². The molecule has 0 saturated heterocycles. The van der Waals surface area contributed by atoms with Crippen molar-refractivity contribution in [2.24, 2.45) is 0 Å². The second-order valence-electron chi connectivity index (χ2n) is 5.54. The number of para-hydroxylation sites is 1. The minimum Gasteiger partial charge on any atom is -0.496 e. The minimum absolute atomic E-state index is 0.113. The smallest absolute Gasteiger partial charge is 0.328 e. The zero-order chi connectivity index (χ0) is 19.1. The standard InChI is InChI=1S/C19H19F2NO4/c1-25-17-9-4-3-6-12(17)10-16(19(24)26-2)22-18(23)11-13-14(20)7-5-8-15(13)21/h3-9,16H,10-11H2,1-2H3,(H,22,23)/t16-/m0/s1. The van der Waals surface area contributed by atoms with Gasteiger partial charge in [0.1, 0.15) is 23.4 Å². The summed E-state index contributed by atoms with van der Waals surface area (Å²) in [4.78, 5) is 24.2. The lowest BCUT2D eigenvalue weighted by Crippen LogP contribution is -2.43. The van der Waals surface area contributed by atoms with Crippen LogP contribution in [-0.2, 0) is 27.2 Å².